The van der Waals surface area contributed by atoms with Crippen molar-refractivity contribution in [1.82, 2.24) is 0 Å². The second-order valence-corrected chi connectivity index (χ2v) is 7.34. The molecule has 0 bridgehead atoms. The molecule has 0 radical (unpaired) electrons. The monoisotopic (exact) mass is 307 g/mol. The fourth-order valence-electron chi connectivity index (χ4n) is 3.85. The van der Waals surface area contributed by atoms with Gasteiger partial charge in [0.2, 0.25) is 0 Å². The molecule has 1 aliphatic heterocycles. The van der Waals surface area contributed by atoms with Crippen LogP contribution >= 0.6 is 0 Å². The zero-order chi connectivity index (χ0) is 16.4. The van der Waals surface area contributed by atoms with Crippen LogP contribution in [0.25, 0.3) is 28.5 Å². The minimum absolute atomic E-state index is 0.117. The molecule has 0 saturated heterocycles. The van der Waals surface area contributed by atoms with E-state index >= 15 is 0 Å². The smallest absolute Gasteiger partial charge is 0.344 e. The zero-order valence-corrected chi connectivity index (χ0v) is 14.0. The van der Waals surface area contributed by atoms with Gasteiger partial charge in [0.1, 0.15) is 5.42 Å². The first-order chi connectivity index (χ1) is 10.9. The maximum Gasteiger partial charge on any atom is 0.344 e. The summed E-state index contributed by atoms with van der Waals surface area (Å²) < 4.78 is 5.65. The van der Waals surface area contributed by atoms with Gasteiger partial charge in [0.15, 0.2) is 0 Å². The van der Waals surface area contributed by atoms with E-state index in [4.69, 9.17) is 4.42 Å². The first-order valence-electron chi connectivity index (χ1n) is 8.15. The Hall–Kier alpha value is -2.29. The lowest BCUT2D eigenvalue weighted by molar-refractivity contribution is 0.475. The first kappa shape index (κ1) is 14.3. The number of fused-ring (bicyclic) bond motifs is 5. The summed E-state index contributed by atoms with van der Waals surface area (Å²) in [6.45, 7) is 8.46. The van der Waals surface area contributed by atoms with Crippen LogP contribution in [0.2, 0.25) is 0 Å². The summed E-state index contributed by atoms with van der Waals surface area (Å²) in [5.74, 6) is 0.407. The molecule has 2 aromatic rings. The zero-order valence-electron chi connectivity index (χ0n) is 14.0. The van der Waals surface area contributed by atoms with Crippen LogP contribution in [-0.2, 0) is 0 Å². The second-order valence-electron chi connectivity index (χ2n) is 7.34. The number of benzene rings is 1. The predicted octanol–water partition coefficient (Wildman–Crippen LogP) is 3.00. The van der Waals surface area contributed by atoms with E-state index in [0.717, 1.165) is 33.8 Å². The Bertz CT molecular complexity index is 1040. The highest BCUT2D eigenvalue weighted by molar-refractivity contribution is 6.00. The first-order valence-corrected chi connectivity index (χ1v) is 8.15. The maximum atomic E-state index is 12.7. The third kappa shape index (κ3) is 2.14. The third-order valence-corrected chi connectivity index (χ3v) is 4.73. The van der Waals surface area contributed by atoms with E-state index in [1.807, 2.05) is 6.07 Å². The second kappa shape index (κ2) is 4.60. The van der Waals surface area contributed by atoms with Gasteiger partial charge < -0.3 is 9.73 Å². The summed E-state index contributed by atoms with van der Waals surface area (Å²) in [7, 11) is 0. The number of anilines is 1. The normalized spacial score (nSPS) is 21.4. The molecule has 1 aromatic heterocycles. The highest BCUT2D eigenvalue weighted by atomic mass is 16.4. The highest BCUT2D eigenvalue weighted by Gasteiger charge is 2.25. The SMILES string of the molecule is CC1=CC(C)(C)Nc2ccc3c4c(oc(=O)c3c21)=CC(C)CC=4. The number of nitrogens with one attached hydrogen (secondary N) is 1. The molecule has 3 heteroatoms. The summed E-state index contributed by atoms with van der Waals surface area (Å²) >= 11 is 0. The highest BCUT2D eigenvalue weighted by Crippen LogP contribution is 2.36. The van der Waals surface area contributed by atoms with Crippen LogP contribution in [0.5, 0.6) is 0 Å². The van der Waals surface area contributed by atoms with E-state index in [0.29, 0.717) is 16.7 Å². The van der Waals surface area contributed by atoms with Gasteiger partial charge in [-0.15, -0.1) is 0 Å². The van der Waals surface area contributed by atoms with Gasteiger partial charge in [0, 0.05) is 21.9 Å². The summed E-state index contributed by atoms with van der Waals surface area (Å²) in [4.78, 5) is 12.7. The lowest BCUT2D eigenvalue weighted by Crippen LogP contribution is -2.35. The molecule has 1 aromatic carbocycles. The van der Waals surface area contributed by atoms with Crippen molar-refractivity contribution < 1.29 is 4.42 Å². The Morgan fingerprint density at radius 2 is 2.09 bits per heavy atom. The molecule has 1 unspecified atom stereocenters. The van der Waals surface area contributed by atoms with Gasteiger partial charge in [-0.05, 0) is 50.8 Å². The molecule has 2 heterocycles. The lowest BCUT2D eigenvalue weighted by Gasteiger charge is -2.31. The van der Waals surface area contributed by atoms with E-state index in [9.17, 15) is 4.79 Å². The average Bonchev–Trinajstić information content (AvgIpc) is 2.45. The summed E-state index contributed by atoms with van der Waals surface area (Å²) in [5.41, 5.74) is 3.45. The number of rotatable bonds is 0. The van der Waals surface area contributed by atoms with Gasteiger partial charge in [-0.2, -0.15) is 0 Å². The van der Waals surface area contributed by atoms with Gasteiger partial charge in [-0.3, -0.25) is 0 Å². The largest absolute Gasteiger partial charge is 0.423 e. The van der Waals surface area contributed by atoms with Crippen molar-refractivity contribution in [2.75, 3.05) is 5.32 Å². The summed E-state index contributed by atoms with van der Waals surface area (Å²) in [6, 6.07) is 4.13. The molecule has 0 amide bonds. The van der Waals surface area contributed by atoms with Crippen LogP contribution in [-0.4, -0.2) is 5.54 Å². The summed E-state index contributed by atoms with van der Waals surface area (Å²) in [5, 5.41) is 6.24. The molecule has 23 heavy (non-hydrogen) atoms. The molecule has 1 N–H and O–H groups in total. The van der Waals surface area contributed by atoms with Gasteiger partial charge >= 0.3 is 5.63 Å². The number of allylic oxidation sites excluding steroid dienone is 1. The third-order valence-electron chi connectivity index (χ3n) is 4.73. The number of hydrogen-bond acceptors (Lipinski definition) is 3. The Morgan fingerprint density at radius 1 is 1.30 bits per heavy atom. The predicted molar refractivity (Wildman–Crippen MR) is 95.8 cm³/mol. The Balaban J connectivity index is 2.17. The lowest BCUT2D eigenvalue weighted by atomic mass is 9.88. The van der Waals surface area contributed by atoms with Crippen LogP contribution in [0.4, 0.5) is 5.69 Å². The minimum atomic E-state index is -0.247. The minimum Gasteiger partial charge on any atom is -0.423 e. The molecule has 118 valence electrons. The standard InChI is InChI=1S/C20H21NO2/c1-11-5-6-13-14-7-8-15-17(12(2)10-20(3,4)21-15)18(14)19(22)23-16(13)9-11/h6-11,21H,5H2,1-4H3. The van der Waals surface area contributed by atoms with Crippen LogP contribution in [0.3, 0.4) is 0 Å². The molecule has 0 fully saturated rings. The van der Waals surface area contributed by atoms with E-state index in [2.05, 4.69) is 57.3 Å². The van der Waals surface area contributed by atoms with Crippen LogP contribution in [0.15, 0.2) is 27.4 Å². The molecular formula is C20H21NO2. The van der Waals surface area contributed by atoms with Gasteiger partial charge in [-0.25, -0.2) is 4.79 Å². The fraction of sp³-hybridized carbons (Fsp3) is 0.350. The van der Waals surface area contributed by atoms with Crippen molar-refractivity contribution in [1.29, 1.82) is 0 Å². The molecule has 0 spiro atoms. The molecule has 0 saturated carbocycles. The van der Waals surface area contributed by atoms with Crippen LogP contribution in [0, 0.1) is 5.92 Å². The van der Waals surface area contributed by atoms with Gasteiger partial charge in [0.05, 0.1) is 10.9 Å². The molecular weight excluding hydrogens is 286 g/mol. The van der Waals surface area contributed by atoms with Gasteiger partial charge in [-0.1, -0.05) is 25.1 Å². The van der Waals surface area contributed by atoms with Crippen LogP contribution < -0.4 is 21.6 Å². The van der Waals surface area contributed by atoms with Crippen molar-refractivity contribution in [3.63, 3.8) is 0 Å². The van der Waals surface area contributed by atoms with Crippen molar-refractivity contribution in [2.24, 2.45) is 5.92 Å². The summed E-state index contributed by atoms with van der Waals surface area (Å²) in [6.07, 6.45) is 7.40. The maximum absolute atomic E-state index is 12.7. The van der Waals surface area contributed by atoms with E-state index in [1.165, 1.54) is 0 Å². The van der Waals surface area contributed by atoms with Crippen molar-refractivity contribution in [3.05, 3.63) is 44.8 Å². The van der Waals surface area contributed by atoms with Gasteiger partial charge in [0.25, 0.3) is 0 Å². The molecule has 1 aliphatic carbocycles. The topological polar surface area (TPSA) is 42.2 Å². The fourth-order valence-corrected chi connectivity index (χ4v) is 3.85. The Morgan fingerprint density at radius 3 is 2.87 bits per heavy atom. The van der Waals surface area contributed by atoms with E-state index in [-0.39, 0.29) is 11.2 Å². The number of hydrogen-bond donors (Lipinski definition) is 1. The van der Waals surface area contributed by atoms with Crippen LogP contribution in [0.1, 0.15) is 39.7 Å². The van der Waals surface area contributed by atoms with E-state index < -0.39 is 0 Å². The molecule has 1 atom stereocenters. The van der Waals surface area contributed by atoms with Crippen molar-refractivity contribution in [2.45, 2.75) is 39.7 Å². The van der Waals surface area contributed by atoms with Crippen molar-refractivity contribution in [3.8, 4) is 0 Å². The molecule has 2 aliphatic rings. The van der Waals surface area contributed by atoms with Crippen molar-refractivity contribution >= 4 is 34.2 Å². The molecule has 3 nitrogen and oxygen atoms in total. The quantitative estimate of drug-likeness (QED) is 0.813. The molecule has 4 rings (SSSR count). The Labute approximate surface area is 135 Å². The Kier molecular flexibility index (Phi) is 2.87. The average molecular weight is 307 g/mol. The van der Waals surface area contributed by atoms with E-state index in [1.54, 1.807) is 0 Å².